The number of thioether (sulfide) groups is 1. The third-order valence-electron chi connectivity index (χ3n) is 5.05. The lowest BCUT2D eigenvalue weighted by atomic mass is 10.2. The number of hydrogen-bond acceptors (Lipinski definition) is 5. The Morgan fingerprint density at radius 3 is 2.72 bits per heavy atom. The van der Waals surface area contributed by atoms with Gasteiger partial charge in [0.1, 0.15) is 5.76 Å². The van der Waals surface area contributed by atoms with Crippen molar-refractivity contribution in [3.63, 3.8) is 0 Å². The largest absolute Gasteiger partial charge is 0.469 e. The van der Waals surface area contributed by atoms with Crippen LogP contribution in [-0.2, 0) is 4.79 Å². The van der Waals surface area contributed by atoms with Gasteiger partial charge in [0.05, 0.1) is 17.6 Å². The van der Waals surface area contributed by atoms with E-state index in [-0.39, 0.29) is 5.91 Å². The number of carbonyl (C=O) groups excluding carboxylic acids is 1. The summed E-state index contributed by atoms with van der Waals surface area (Å²) in [6.45, 7) is 4.62. The van der Waals surface area contributed by atoms with Crippen molar-refractivity contribution >= 4 is 17.7 Å². The van der Waals surface area contributed by atoms with Gasteiger partial charge in [0, 0.05) is 17.9 Å². The molecule has 0 radical (unpaired) electrons. The SMILES string of the molecule is CCN(C(=O)CSc1nnc(-c2ccoc2C)n1-c1ccccc1)C1=CCCC1. The van der Waals surface area contributed by atoms with E-state index in [1.165, 1.54) is 11.8 Å². The molecule has 0 saturated heterocycles. The molecule has 0 aliphatic heterocycles. The maximum absolute atomic E-state index is 12.9. The van der Waals surface area contributed by atoms with Crippen molar-refractivity contribution in [2.75, 3.05) is 12.3 Å². The van der Waals surface area contributed by atoms with Gasteiger partial charge in [-0.15, -0.1) is 10.2 Å². The zero-order valence-electron chi connectivity index (χ0n) is 16.7. The van der Waals surface area contributed by atoms with E-state index >= 15 is 0 Å². The smallest absolute Gasteiger partial charge is 0.237 e. The van der Waals surface area contributed by atoms with Crippen molar-refractivity contribution in [1.29, 1.82) is 0 Å². The summed E-state index contributed by atoms with van der Waals surface area (Å²) in [5.41, 5.74) is 3.00. The molecule has 3 aromatic rings. The Hall–Kier alpha value is -2.80. The molecule has 0 fully saturated rings. The number of nitrogens with zero attached hydrogens (tertiary/aromatic N) is 4. The first-order valence-corrected chi connectivity index (χ1v) is 10.8. The van der Waals surface area contributed by atoms with Gasteiger partial charge in [-0.1, -0.05) is 36.0 Å². The van der Waals surface area contributed by atoms with E-state index < -0.39 is 0 Å². The Morgan fingerprint density at radius 1 is 1.24 bits per heavy atom. The van der Waals surface area contributed by atoms with Gasteiger partial charge in [0.2, 0.25) is 5.91 Å². The summed E-state index contributed by atoms with van der Waals surface area (Å²) < 4.78 is 7.45. The van der Waals surface area contributed by atoms with Crippen LogP contribution in [0.2, 0.25) is 0 Å². The minimum absolute atomic E-state index is 0.106. The third kappa shape index (κ3) is 4.00. The van der Waals surface area contributed by atoms with Crippen LogP contribution in [0.1, 0.15) is 31.9 Å². The van der Waals surface area contributed by atoms with Crippen molar-refractivity contribution in [1.82, 2.24) is 19.7 Å². The van der Waals surface area contributed by atoms with E-state index in [0.717, 1.165) is 42.0 Å². The summed E-state index contributed by atoms with van der Waals surface area (Å²) in [6, 6.07) is 11.8. The lowest BCUT2D eigenvalue weighted by Gasteiger charge is -2.22. The molecule has 0 spiro atoms. The lowest BCUT2D eigenvalue weighted by Crippen LogP contribution is -2.31. The van der Waals surface area contributed by atoms with Crippen LogP contribution in [0, 0.1) is 6.92 Å². The number of aromatic nitrogens is 3. The molecule has 0 unspecified atom stereocenters. The van der Waals surface area contributed by atoms with E-state index in [1.807, 2.05) is 59.7 Å². The number of amides is 1. The van der Waals surface area contributed by atoms with Gasteiger partial charge < -0.3 is 9.32 Å². The average Bonchev–Trinajstić information content (AvgIpc) is 3.48. The highest BCUT2D eigenvalue weighted by Crippen LogP contribution is 2.31. The van der Waals surface area contributed by atoms with E-state index in [1.54, 1.807) is 6.26 Å². The Kier molecular flexibility index (Phi) is 5.85. The van der Waals surface area contributed by atoms with Crippen molar-refractivity contribution in [3.05, 3.63) is 60.2 Å². The molecule has 7 heteroatoms. The standard InChI is InChI=1S/C22H24N4O2S/c1-3-25(17-9-7-8-10-17)20(27)15-29-22-24-23-21(19-13-14-28-16(19)2)26(22)18-11-5-4-6-12-18/h4-6,9,11-14H,3,7-8,10,15H2,1-2H3. The topological polar surface area (TPSA) is 64.2 Å². The van der Waals surface area contributed by atoms with Crippen LogP contribution < -0.4 is 0 Å². The molecule has 4 rings (SSSR count). The molecular weight excluding hydrogens is 384 g/mol. The highest BCUT2D eigenvalue weighted by molar-refractivity contribution is 7.99. The summed E-state index contributed by atoms with van der Waals surface area (Å²) >= 11 is 1.42. The second-order valence-electron chi connectivity index (χ2n) is 6.88. The molecule has 1 aliphatic rings. The molecule has 6 nitrogen and oxygen atoms in total. The summed E-state index contributed by atoms with van der Waals surface area (Å²) in [4.78, 5) is 14.8. The van der Waals surface area contributed by atoms with Crippen molar-refractivity contribution in [2.24, 2.45) is 0 Å². The highest BCUT2D eigenvalue weighted by atomic mass is 32.2. The average molecular weight is 409 g/mol. The Bertz CT molecular complexity index is 1020. The van der Waals surface area contributed by atoms with Gasteiger partial charge in [-0.25, -0.2) is 0 Å². The zero-order chi connectivity index (χ0) is 20.2. The van der Waals surface area contributed by atoms with Crippen molar-refractivity contribution < 1.29 is 9.21 Å². The zero-order valence-corrected chi connectivity index (χ0v) is 17.5. The molecule has 2 heterocycles. The fraction of sp³-hybridized carbons (Fsp3) is 0.318. The number of furan rings is 1. The van der Waals surface area contributed by atoms with Crippen LogP contribution in [0.5, 0.6) is 0 Å². The fourth-order valence-electron chi connectivity index (χ4n) is 3.61. The number of hydrogen-bond donors (Lipinski definition) is 0. The highest BCUT2D eigenvalue weighted by Gasteiger charge is 2.22. The second kappa shape index (κ2) is 8.69. The van der Waals surface area contributed by atoms with Crippen LogP contribution in [0.3, 0.4) is 0 Å². The van der Waals surface area contributed by atoms with Gasteiger partial charge in [0.15, 0.2) is 11.0 Å². The molecule has 0 saturated carbocycles. The Labute approximate surface area is 174 Å². The normalized spacial score (nSPS) is 13.5. The Balaban J connectivity index is 1.61. The number of aryl methyl sites for hydroxylation is 1. The van der Waals surface area contributed by atoms with Crippen LogP contribution in [-0.4, -0.2) is 37.9 Å². The van der Waals surface area contributed by atoms with Crippen LogP contribution in [0.25, 0.3) is 17.1 Å². The number of rotatable bonds is 7. The van der Waals surface area contributed by atoms with E-state index in [0.29, 0.717) is 23.3 Å². The van der Waals surface area contributed by atoms with Gasteiger partial charge in [-0.2, -0.15) is 0 Å². The molecule has 1 aliphatic carbocycles. The summed E-state index contributed by atoms with van der Waals surface area (Å²) in [5, 5.41) is 9.50. The minimum atomic E-state index is 0.106. The van der Waals surface area contributed by atoms with Crippen LogP contribution in [0.15, 0.2) is 64.0 Å². The quantitative estimate of drug-likeness (QED) is 0.523. The first-order valence-electron chi connectivity index (χ1n) is 9.86. The van der Waals surface area contributed by atoms with Gasteiger partial charge in [-0.3, -0.25) is 9.36 Å². The predicted molar refractivity (Wildman–Crippen MR) is 114 cm³/mol. The molecule has 2 aromatic heterocycles. The van der Waals surface area contributed by atoms with Crippen LogP contribution in [0.4, 0.5) is 0 Å². The molecule has 1 aromatic carbocycles. The Morgan fingerprint density at radius 2 is 2.07 bits per heavy atom. The summed E-state index contributed by atoms with van der Waals surface area (Å²) in [5.74, 6) is 1.92. The molecule has 150 valence electrons. The molecular formula is C22H24N4O2S. The van der Waals surface area contributed by atoms with Gasteiger partial charge >= 0.3 is 0 Å². The van der Waals surface area contributed by atoms with Crippen LogP contribution >= 0.6 is 11.8 Å². The number of allylic oxidation sites excluding steroid dienone is 2. The minimum Gasteiger partial charge on any atom is -0.469 e. The fourth-order valence-corrected chi connectivity index (χ4v) is 4.44. The van der Waals surface area contributed by atoms with E-state index in [2.05, 4.69) is 16.3 Å². The molecule has 0 atom stereocenters. The maximum atomic E-state index is 12.9. The maximum Gasteiger partial charge on any atom is 0.237 e. The lowest BCUT2D eigenvalue weighted by molar-refractivity contribution is -0.126. The first-order chi connectivity index (χ1) is 14.2. The van der Waals surface area contributed by atoms with Crippen molar-refractivity contribution in [2.45, 2.75) is 38.3 Å². The predicted octanol–water partition coefficient (Wildman–Crippen LogP) is 4.84. The van der Waals surface area contributed by atoms with E-state index in [9.17, 15) is 4.79 Å². The van der Waals surface area contributed by atoms with Gasteiger partial charge in [-0.05, 0) is 51.3 Å². The number of para-hydroxylation sites is 1. The molecule has 29 heavy (non-hydrogen) atoms. The molecule has 1 amide bonds. The van der Waals surface area contributed by atoms with Crippen molar-refractivity contribution in [3.8, 4) is 17.1 Å². The third-order valence-corrected chi connectivity index (χ3v) is 5.97. The monoisotopic (exact) mass is 408 g/mol. The first kappa shape index (κ1) is 19.5. The van der Waals surface area contributed by atoms with E-state index in [4.69, 9.17) is 4.42 Å². The number of carbonyl (C=O) groups is 1. The molecule has 0 N–H and O–H groups in total. The molecule has 0 bridgehead atoms. The van der Waals surface area contributed by atoms with Gasteiger partial charge in [0.25, 0.3) is 0 Å². The summed E-state index contributed by atoms with van der Waals surface area (Å²) in [6.07, 6.45) is 7.00. The second-order valence-corrected chi connectivity index (χ2v) is 7.82. The summed E-state index contributed by atoms with van der Waals surface area (Å²) in [7, 11) is 0. The number of benzene rings is 1.